The minimum absolute atomic E-state index is 0.0527. The molecule has 0 saturated heterocycles. The maximum atomic E-state index is 12.1. The van der Waals surface area contributed by atoms with E-state index in [0.29, 0.717) is 17.2 Å². The number of halogens is 1. The van der Waals surface area contributed by atoms with Gasteiger partial charge in [0, 0.05) is 18.2 Å². The Bertz CT molecular complexity index is 782. The molecule has 0 aromatic heterocycles. The first kappa shape index (κ1) is 17.4. The summed E-state index contributed by atoms with van der Waals surface area (Å²) in [6.45, 7) is 0. The number of nitrogens with one attached hydrogen (secondary N) is 2. The Balaban J connectivity index is 2.15. The molecule has 2 aromatic carbocycles. The molecule has 2 N–H and O–H groups in total. The molecule has 0 unspecified atom stereocenters. The SMILES string of the molecule is COc1ccc(OC)c(NC(=O)Nc2ccc([N+](=O)[O-])cc2Cl)c1. The molecule has 0 heterocycles. The second kappa shape index (κ2) is 7.51. The van der Waals surface area contributed by atoms with Gasteiger partial charge in [-0.1, -0.05) is 11.6 Å². The summed E-state index contributed by atoms with van der Waals surface area (Å²) >= 11 is 5.94. The van der Waals surface area contributed by atoms with Crippen LogP contribution in [0.25, 0.3) is 0 Å². The molecule has 0 radical (unpaired) electrons. The standard InChI is InChI=1S/C15H14ClN3O5/c1-23-10-4-6-14(24-2)13(8-10)18-15(20)17-12-5-3-9(19(21)22)7-11(12)16/h3-8H,1-2H3,(H2,17,18,20). The van der Waals surface area contributed by atoms with Gasteiger partial charge < -0.3 is 20.1 Å². The van der Waals surface area contributed by atoms with Crippen LogP contribution in [0.1, 0.15) is 0 Å². The Labute approximate surface area is 142 Å². The first-order valence-corrected chi connectivity index (χ1v) is 7.06. The van der Waals surface area contributed by atoms with E-state index in [4.69, 9.17) is 21.1 Å². The van der Waals surface area contributed by atoms with Gasteiger partial charge in [-0.2, -0.15) is 0 Å². The number of nitro benzene ring substituents is 1. The third kappa shape index (κ3) is 4.05. The lowest BCUT2D eigenvalue weighted by atomic mass is 10.2. The molecule has 0 aliphatic rings. The quantitative estimate of drug-likeness (QED) is 0.628. The highest BCUT2D eigenvalue weighted by Gasteiger charge is 2.13. The van der Waals surface area contributed by atoms with E-state index < -0.39 is 11.0 Å². The number of amides is 2. The number of hydrogen-bond donors (Lipinski definition) is 2. The molecule has 24 heavy (non-hydrogen) atoms. The Morgan fingerprint density at radius 3 is 2.38 bits per heavy atom. The van der Waals surface area contributed by atoms with Crippen molar-refractivity contribution in [2.24, 2.45) is 0 Å². The number of ether oxygens (including phenoxy) is 2. The fourth-order valence-electron chi connectivity index (χ4n) is 1.91. The molecule has 0 aliphatic carbocycles. The van der Waals surface area contributed by atoms with Crippen LogP contribution >= 0.6 is 11.6 Å². The van der Waals surface area contributed by atoms with Crippen LogP contribution in [0.5, 0.6) is 11.5 Å². The maximum absolute atomic E-state index is 12.1. The molecule has 2 aromatic rings. The molecule has 0 bridgehead atoms. The average molecular weight is 352 g/mol. The summed E-state index contributed by atoms with van der Waals surface area (Å²) in [7, 11) is 2.97. The van der Waals surface area contributed by atoms with Crippen LogP contribution in [0.15, 0.2) is 36.4 Å². The van der Waals surface area contributed by atoms with Gasteiger partial charge in [-0.05, 0) is 18.2 Å². The first-order valence-electron chi connectivity index (χ1n) is 6.68. The number of anilines is 2. The van der Waals surface area contributed by atoms with E-state index in [2.05, 4.69) is 10.6 Å². The van der Waals surface area contributed by atoms with Gasteiger partial charge in [0.15, 0.2) is 0 Å². The second-order valence-electron chi connectivity index (χ2n) is 4.57. The highest BCUT2D eigenvalue weighted by Crippen LogP contribution is 2.30. The summed E-state index contributed by atoms with van der Waals surface area (Å²) in [6.07, 6.45) is 0. The number of carbonyl (C=O) groups is 1. The molecule has 0 aliphatic heterocycles. The zero-order chi connectivity index (χ0) is 17.7. The molecular formula is C15H14ClN3O5. The van der Waals surface area contributed by atoms with Gasteiger partial charge in [0.25, 0.3) is 5.69 Å². The number of methoxy groups -OCH3 is 2. The fourth-order valence-corrected chi connectivity index (χ4v) is 2.13. The number of benzene rings is 2. The number of carbonyl (C=O) groups excluding carboxylic acids is 1. The van der Waals surface area contributed by atoms with Gasteiger partial charge in [0.2, 0.25) is 0 Å². The van der Waals surface area contributed by atoms with E-state index in [1.807, 2.05) is 0 Å². The monoisotopic (exact) mass is 351 g/mol. The number of nitrogens with zero attached hydrogens (tertiary/aromatic N) is 1. The highest BCUT2D eigenvalue weighted by atomic mass is 35.5. The van der Waals surface area contributed by atoms with Crippen LogP contribution in [0.4, 0.5) is 21.9 Å². The molecule has 2 rings (SSSR count). The van der Waals surface area contributed by atoms with Crippen molar-refractivity contribution >= 4 is 34.7 Å². The van der Waals surface area contributed by atoms with Crippen LogP contribution in [0, 0.1) is 10.1 Å². The molecule has 0 spiro atoms. The van der Waals surface area contributed by atoms with Gasteiger partial charge in [0.1, 0.15) is 11.5 Å². The molecule has 0 fully saturated rings. The molecule has 126 valence electrons. The Kier molecular flexibility index (Phi) is 5.43. The van der Waals surface area contributed by atoms with E-state index in [1.54, 1.807) is 18.2 Å². The lowest BCUT2D eigenvalue weighted by molar-refractivity contribution is -0.384. The van der Waals surface area contributed by atoms with Crippen LogP contribution < -0.4 is 20.1 Å². The lowest BCUT2D eigenvalue weighted by Crippen LogP contribution is -2.20. The maximum Gasteiger partial charge on any atom is 0.323 e. The second-order valence-corrected chi connectivity index (χ2v) is 4.97. The zero-order valence-electron chi connectivity index (χ0n) is 12.8. The third-order valence-corrected chi connectivity index (χ3v) is 3.38. The Morgan fingerprint density at radius 1 is 1.08 bits per heavy atom. The Morgan fingerprint density at radius 2 is 1.79 bits per heavy atom. The zero-order valence-corrected chi connectivity index (χ0v) is 13.6. The minimum Gasteiger partial charge on any atom is -0.497 e. The summed E-state index contributed by atoms with van der Waals surface area (Å²) < 4.78 is 10.3. The summed E-state index contributed by atoms with van der Waals surface area (Å²) in [5, 5.41) is 15.8. The average Bonchev–Trinajstić information content (AvgIpc) is 2.56. The van der Waals surface area contributed by atoms with E-state index >= 15 is 0 Å². The summed E-state index contributed by atoms with van der Waals surface area (Å²) in [5.41, 5.74) is 0.467. The predicted octanol–water partition coefficient (Wildman–Crippen LogP) is 3.91. The van der Waals surface area contributed by atoms with E-state index in [-0.39, 0.29) is 16.4 Å². The fraction of sp³-hybridized carbons (Fsp3) is 0.133. The third-order valence-electron chi connectivity index (χ3n) is 3.07. The van der Waals surface area contributed by atoms with Crippen LogP contribution in [-0.4, -0.2) is 25.2 Å². The minimum atomic E-state index is -0.586. The largest absolute Gasteiger partial charge is 0.497 e. The normalized spacial score (nSPS) is 9.96. The molecule has 9 heteroatoms. The number of hydrogen-bond acceptors (Lipinski definition) is 5. The highest BCUT2D eigenvalue weighted by molar-refractivity contribution is 6.34. The molecular weight excluding hydrogens is 338 g/mol. The molecule has 0 saturated carbocycles. The van der Waals surface area contributed by atoms with E-state index in [1.165, 1.54) is 26.4 Å². The number of rotatable bonds is 5. The summed E-state index contributed by atoms with van der Waals surface area (Å²) in [6, 6.07) is 8.09. The van der Waals surface area contributed by atoms with Gasteiger partial charge in [0.05, 0.1) is 35.5 Å². The lowest BCUT2D eigenvalue weighted by Gasteiger charge is -2.13. The van der Waals surface area contributed by atoms with E-state index in [0.717, 1.165) is 6.07 Å². The number of urea groups is 1. The van der Waals surface area contributed by atoms with Crippen LogP contribution in [0.2, 0.25) is 5.02 Å². The topological polar surface area (TPSA) is 103 Å². The predicted molar refractivity (Wildman–Crippen MR) is 90.3 cm³/mol. The molecule has 2 amide bonds. The van der Waals surface area contributed by atoms with Crippen molar-refractivity contribution in [3.63, 3.8) is 0 Å². The van der Waals surface area contributed by atoms with Crippen molar-refractivity contribution in [1.82, 2.24) is 0 Å². The van der Waals surface area contributed by atoms with Gasteiger partial charge >= 0.3 is 6.03 Å². The van der Waals surface area contributed by atoms with Gasteiger partial charge in [-0.15, -0.1) is 0 Å². The van der Waals surface area contributed by atoms with Gasteiger partial charge in [-0.25, -0.2) is 4.79 Å². The number of nitro groups is 1. The van der Waals surface area contributed by atoms with Crippen molar-refractivity contribution in [3.05, 3.63) is 51.5 Å². The first-order chi connectivity index (χ1) is 11.4. The number of non-ortho nitro benzene ring substituents is 1. The molecule has 0 atom stereocenters. The van der Waals surface area contributed by atoms with Crippen molar-refractivity contribution < 1.29 is 19.2 Å². The van der Waals surface area contributed by atoms with Gasteiger partial charge in [-0.3, -0.25) is 10.1 Å². The molecule has 8 nitrogen and oxygen atoms in total. The van der Waals surface area contributed by atoms with Crippen molar-refractivity contribution in [2.75, 3.05) is 24.9 Å². The van der Waals surface area contributed by atoms with Crippen LogP contribution in [0.3, 0.4) is 0 Å². The van der Waals surface area contributed by atoms with Crippen molar-refractivity contribution in [3.8, 4) is 11.5 Å². The van der Waals surface area contributed by atoms with Crippen molar-refractivity contribution in [1.29, 1.82) is 0 Å². The van der Waals surface area contributed by atoms with E-state index in [9.17, 15) is 14.9 Å². The smallest absolute Gasteiger partial charge is 0.323 e. The Hall–Kier alpha value is -3.00. The summed E-state index contributed by atoms with van der Waals surface area (Å²) in [5.74, 6) is 0.986. The summed E-state index contributed by atoms with van der Waals surface area (Å²) in [4.78, 5) is 22.2. The van der Waals surface area contributed by atoms with Crippen LogP contribution in [-0.2, 0) is 0 Å². The van der Waals surface area contributed by atoms with Crippen molar-refractivity contribution in [2.45, 2.75) is 0 Å².